The highest BCUT2D eigenvalue weighted by atomic mass is 16.5. The molecule has 6 fully saturated rings. The van der Waals surface area contributed by atoms with Crippen LogP contribution in [-0.4, -0.2) is 67.8 Å². The van der Waals surface area contributed by atoms with Crippen LogP contribution in [0.4, 0.5) is 0 Å². The van der Waals surface area contributed by atoms with E-state index in [1.807, 2.05) is 0 Å². The van der Waals surface area contributed by atoms with Crippen molar-refractivity contribution in [1.82, 2.24) is 0 Å². The average Bonchev–Trinajstić information content (AvgIpc) is 3.25. The Balaban J connectivity index is 1.22. The zero-order valence-corrected chi connectivity index (χ0v) is 27.9. The van der Waals surface area contributed by atoms with E-state index in [0.717, 1.165) is 36.2 Å². The summed E-state index contributed by atoms with van der Waals surface area (Å²) in [5.41, 5.74) is 1.60. The van der Waals surface area contributed by atoms with E-state index >= 15 is 0 Å². The number of hydrogen-bond acceptors (Lipinski definition) is 5. The van der Waals surface area contributed by atoms with E-state index in [4.69, 9.17) is 9.47 Å². The van der Waals surface area contributed by atoms with Crippen molar-refractivity contribution in [3.05, 3.63) is 0 Å². The van der Waals surface area contributed by atoms with Crippen LogP contribution >= 0.6 is 0 Å². The molecular formula is C36H62NO5+. The number of esters is 1. The van der Waals surface area contributed by atoms with Gasteiger partial charge in [0.25, 0.3) is 0 Å². The largest absolute Gasteiger partial charge is 0.458 e. The third-order valence-electron chi connectivity index (χ3n) is 15.7. The van der Waals surface area contributed by atoms with Crippen molar-refractivity contribution in [2.24, 2.45) is 56.2 Å². The Bertz CT molecular complexity index is 1040. The number of aliphatic hydroxyl groups is 2. The maximum absolute atomic E-state index is 13.1. The SMILES string of the molecule is CC1(C)CC[C@]23CC[C@]4(C)[C@H](CC[C@@H]5[C@@]6(C)CC[C@H](OC(=O)C[NH+](CCO)CCO)C(C)(C)[C@@H]6CC[C@]54C)[C@H]2[C@@H]1OC3. The third-order valence-corrected chi connectivity index (χ3v) is 15.7. The van der Waals surface area contributed by atoms with Crippen molar-refractivity contribution < 1.29 is 29.4 Å². The summed E-state index contributed by atoms with van der Waals surface area (Å²) >= 11 is 0. The lowest BCUT2D eigenvalue weighted by Crippen LogP contribution is -3.14. The van der Waals surface area contributed by atoms with Gasteiger partial charge in [0.05, 0.1) is 25.9 Å². The molecule has 6 aliphatic rings. The number of ether oxygens (including phenoxy) is 2. The Morgan fingerprint density at radius 2 is 1.50 bits per heavy atom. The van der Waals surface area contributed by atoms with Crippen LogP contribution in [0.15, 0.2) is 0 Å². The number of carbonyl (C=O) groups excluding carboxylic acids is 1. The van der Waals surface area contributed by atoms with E-state index in [-0.39, 0.29) is 42.7 Å². The second-order valence-electron chi connectivity index (χ2n) is 18.0. The normalized spacial score (nSPS) is 48.5. The first-order valence-corrected chi connectivity index (χ1v) is 17.5. The van der Waals surface area contributed by atoms with Crippen LogP contribution < -0.4 is 4.90 Å². The summed E-state index contributed by atoms with van der Waals surface area (Å²) in [6, 6.07) is 0. The highest BCUT2D eigenvalue weighted by Gasteiger charge is 2.73. The van der Waals surface area contributed by atoms with Gasteiger partial charge in [-0.1, -0.05) is 48.5 Å². The number of quaternary nitrogens is 1. The van der Waals surface area contributed by atoms with Crippen molar-refractivity contribution >= 4 is 5.97 Å². The van der Waals surface area contributed by atoms with Crippen LogP contribution in [0.2, 0.25) is 0 Å². The molecule has 2 bridgehead atoms. The van der Waals surface area contributed by atoms with Gasteiger partial charge in [-0.25, -0.2) is 4.79 Å². The van der Waals surface area contributed by atoms with Crippen molar-refractivity contribution in [1.29, 1.82) is 0 Å². The number of hydrogen-bond donors (Lipinski definition) is 3. The molecule has 1 heterocycles. The standard InChI is InChI=1S/C36H61NO5/c1-31(2)14-16-36-17-15-34(6)24(29(36)30(31)41-23-36)8-9-26-33(5)12-11-27(32(3,4)25(33)10-13-35(26,34)7)42-28(40)22-37(18-20-38)19-21-39/h24-27,29-30,38-39H,8-23H2,1-7H3/p+1/t24-,25+,26-,27+,29+,30+,33+,34-,35-,36-/m1/s1. The highest BCUT2D eigenvalue weighted by molar-refractivity contribution is 5.70. The van der Waals surface area contributed by atoms with E-state index in [9.17, 15) is 15.0 Å². The van der Waals surface area contributed by atoms with Crippen molar-refractivity contribution in [3.8, 4) is 0 Å². The van der Waals surface area contributed by atoms with Gasteiger partial charge >= 0.3 is 5.97 Å². The molecule has 6 heteroatoms. The summed E-state index contributed by atoms with van der Waals surface area (Å²) in [4.78, 5) is 14.0. The van der Waals surface area contributed by atoms with E-state index < -0.39 is 0 Å². The van der Waals surface area contributed by atoms with E-state index in [2.05, 4.69) is 48.5 Å². The van der Waals surface area contributed by atoms with Gasteiger partial charge in [-0.05, 0) is 115 Å². The van der Waals surface area contributed by atoms with Gasteiger partial charge in [0.2, 0.25) is 0 Å². The van der Waals surface area contributed by atoms with Gasteiger partial charge in [0.15, 0.2) is 6.54 Å². The van der Waals surface area contributed by atoms with Crippen LogP contribution in [0.3, 0.4) is 0 Å². The second-order valence-corrected chi connectivity index (χ2v) is 18.0. The molecule has 0 unspecified atom stereocenters. The molecule has 0 radical (unpaired) electrons. The zero-order valence-electron chi connectivity index (χ0n) is 27.9. The smallest absolute Gasteiger partial charge is 0.362 e. The molecule has 0 aromatic rings. The minimum Gasteiger partial charge on any atom is -0.458 e. The minimum atomic E-state index is -0.189. The summed E-state index contributed by atoms with van der Waals surface area (Å²) < 4.78 is 13.0. The Morgan fingerprint density at radius 1 is 0.810 bits per heavy atom. The Morgan fingerprint density at radius 3 is 2.19 bits per heavy atom. The lowest BCUT2D eigenvalue weighted by molar-refractivity contribution is -0.893. The van der Waals surface area contributed by atoms with Gasteiger partial charge < -0.3 is 24.6 Å². The van der Waals surface area contributed by atoms with Crippen LogP contribution in [-0.2, 0) is 14.3 Å². The Hall–Kier alpha value is -0.690. The molecule has 5 aliphatic carbocycles. The van der Waals surface area contributed by atoms with Gasteiger partial charge in [-0.3, -0.25) is 0 Å². The number of nitrogens with one attached hydrogen (secondary N) is 1. The monoisotopic (exact) mass is 588 g/mol. The van der Waals surface area contributed by atoms with Crippen molar-refractivity contribution in [3.63, 3.8) is 0 Å². The summed E-state index contributed by atoms with van der Waals surface area (Å²) in [5, 5.41) is 18.8. The molecule has 3 N–H and O–H groups in total. The number of rotatable bonds is 7. The summed E-state index contributed by atoms with van der Waals surface area (Å²) in [5.74, 6) is 2.56. The maximum atomic E-state index is 13.1. The Kier molecular flexibility index (Phi) is 7.77. The molecular weight excluding hydrogens is 526 g/mol. The number of fused-ring (bicyclic) bond motifs is 5. The average molecular weight is 589 g/mol. The molecule has 1 saturated heterocycles. The molecule has 0 amide bonds. The van der Waals surface area contributed by atoms with E-state index in [1.165, 1.54) is 51.4 Å². The quantitative estimate of drug-likeness (QED) is 0.377. The fraction of sp³-hybridized carbons (Fsp3) is 0.972. The van der Waals surface area contributed by atoms with Crippen LogP contribution in [0.25, 0.3) is 0 Å². The summed E-state index contributed by atoms with van der Waals surface area (Å²) in [6.07, 6.45) is 13.0. The molecule has 1 aliphatic heterocycles. The fourth-order valence-corrected chi connectivity index (χ4v) is 13.2. The topological polar surface area (TPSA) is 80.4 Å². The van der Waals surface area contributed by atoms with Gasteiger partial charge in [0.1, 0.15) is 19.2 Å². The number of carbonyl (C=O) groups is 1. The van der Waals surface area contributed by atoms with Gasteiger partial charge in [0, 0.05) is 5.41 Å². The molecule has 0 aromatic carbocycles. The van der Waals surface area contributed by atoms with Crippen LogP contribution in [0, 0.1) is 56.2 Å². The molecule has 0 spiro atoms. The fourth-order valence-electron chi connectivity index (χ4n) is 13.2. The predicted molar refractivity (Wildman–Crippen MR) is 164 cm³/mol. The molecule has 6 rings (SSSR count). The summed E-state index contributed by atoms with van der Waals surface area (Å²) in [6.45, 7) is 19.9. The van der Waals surface area contributed by atoms with E-state index in [1.54, 1.807) is 0 Å². The Labute approximate surface area is 255 Å². The lowest BCUT2D eigenvalue weighted by Gasteiger charge is -2.73. The zero-order chi connectivity index (χ0) is 30.3. The molecule has 0 aromatic heterocycles. The molecule has 42 heavy (non-hydrogen) atoms. The van der Waals surface area contributed by atoms with Gasteiger partial charge in [-0.2, -0.15) is 0 Å². The minimum absolute atomic E-state index is 0.00503. The van der Waals surface area contributed by atoms with Crippen molar-refractivity contribution in [2.45, 2.75) is 125 Å². The van der Waals surface area contributed by atoms with Gasteiger partial charge in [-0.15, -0.1) is 0 Å². The van der Waals surface area contributed by atoms with Crippen molar-refractivity contribution in [2.75, 3.05) is 39.5 Å². The number of aliphatic hydroxyl groups excluding tert-OH is 2. The lowest BCUT2D eigenvalue weighted by atomic mass is 9.31. The van der Waals surface area contributed by atoms with Crippen LogP contribution in [0.1, 0.15) is 113 Å². The molecule has 6 nitrogen and oxygen atoms in total. The first-order valence-electron chi connectivity index (χ1n) is 17.5. The van der Waals surface area contributed by atoms with Crippen LogP contribution in [0.5, 0.6) is 0 Å². The maximum Gasteiger partial charge on any atom is 0.362 e. The second kappa shape index (κ2) is 10.4. The first kappa shape index (κ1) is 31.3. The highest BCUT2D eigenvalue weighted by Crippen LogP contribution is 2.78. The van der Waals surface area contributed by atoms with E-state index in [0.29, 0.717) is 52.7 Å². The molecule has 240 valence electrons. The third kappa shape index (κ3) is 4.34. The summed E-state index contributed by atoms with van der Waals surface area (Å²) in [7, 11) is 0. The molecule has 10 atom stereocenters. The predicted octanol–water partition coefficient (Wildman–Crippen LogP) is 4.66. The molecule has 5 saturated carbocycles. The first-order chi connectivity index (χ1) is 19.7.